The summed E-state index contributed by atoms with van der Waals surface area (Å²) in [5, 5.41) is 20.8. The van der Waals surface area contributed by atoms with Gasteiger partial charge < -0.3 is 15.1 Å². The number of para-hydroxylation sites is 1. The Hall–Kier alpha value is -1.65. The highest BCUT2D eigenvalue weighted by atomic mass is 16.3. The molecule has 4 heteroatoms. The van der Waals surface area contributed by atoms with Crippen LogP contribution in [0, 0.1) is 11.8 Å². The van der Waals surface area contributed by atoms with Gasteiger partial charge in [0.05, 0.1) is 18.2 Å². The molecule has 110 valence electrons. The first-order valence-electron chi connectivity index (χ1n) is 7.69. The van der Waals surface area contributed by atoms with Crippen LogP contribution in [0.25, 0.3) is 10.9 Å². The second-order valence-electron chi connectivity index (χ2n) is 6.30. The molecule has 2 aromatic rings. The number of rotatable bonds is 2. The number of fused-ring (bicyclic) bond motifs is 2. The van der Waals surface area contributed by atoms with E-state index >= 15 is 0 Å². The highest BCUT2D eigenvalue weighted by Gasteiger charge is 2.42. The van der Waals surface area contributed by atoms with E-state index in [1.807, 2.05) is 30.3 Å². The summed E-state index contributed by atoms with van der Waals surface area (Å²) in [5.41, 5.74) is 1.84. The normalized spacial score (nSPS) is 28.3. The lowest BCUT2D eigenvalue weighted by atomic mass is 10.00. The molecule has 3 unspecified atom stereocenters. The predicted octanol–water partition coefficient (Wildman–Crippen LogP) is 1.93. The van der Waals surface area contributed by atoms with Crippen molar-refractivity contribution in [1.29, 1.82) is 0 Å². The molecule has 21 heavy (non-hydrogen) atoms. The van der Waals surface area contributed by atoms with Crippen molar-refractivity contribution in [3.05, 3.63) is 35.9 Å². The van der Waals surface area contributed by atoms with Crippen LogP contribution in [0.1, 0.15) is 18.4 Å². The van der Waals surface area contributed by atoms with Crippen molar-refractivity contribution in [2.45, 2.75) is 25.6 Å². The summed E-state index contributed by atoms with van der Waals surface area (Å²) < 4.78 is 0. The van der Waals surface area contributed by atoms with Crippen LogP contribution in [0.15, 0.2) is 30.3 Å². The van der Waals surface area contributed by atoms with Crippen LogP contribution in [0.2, 0.25) is 0 Å². The molecule has 3 atom stereocenters. The minimum atomic E-state index is -0.168. The molecule has 1 aliphatic heterocycles. The number of aliphatic hydroxyl groups is 2. The number of hydrogen-bond acceptors (Lipinski definition) is 4. The third kappa shape index (κ3) is 2.10. The van der Waals surface area contributed by atoms with Crippen molar-refractivity contribution < 1.29 is 10.2 Å². The summed E-state index contributed by atoms with van der Waals surface area (Å²) in [7, 11) is 0. The number of benzene rings is 1. The van der Waals surface area contributed by atoms with Crippen molar-refractivity contribution in [2.24, 2.45) is 11.8 Å². The summed E-state index contributed by atoms with van der Waals surface area (Å²) in [6.07, 6.45) is 1.86. The van der Waals surface area contributed by atoms with Crippen LogP contribution in [0.5, 0.6) is 0 Å². The van der Waals surface area contributed by atoms with Crippen molar-refractivity contribution in [3.63, 3.8) is 0 Å². The molecule has 1 aromatic carbocycles. The summed E-state index contributed by atoms with van der Waals surface area (Å²) in [6, 6.07) is 10.0. The minimum absolute atomic E-state index is 0.00154. The molecule has 1 saturated carbocycles. The maximum atomic E-state index is 10.1. The summed E-state index contributed by atoms with van der Waals surface area (Å²) >= 11 is 0. The van der Waals surface area contributed by atoms with Crippen molar-refractivity contribution in [1.82, 2.24) is 4.98 Å². The molecule has 2 heterocycles. The van der Waals surface area contributed by atoms with Gasteiger partial charge in [0.25, 0.3) is 0 Å². The van der Waals surface area contributed by atoms with E-state index in [4.69, 9.17) is 4.98 Å². The second-order valence-corrected chi connectivity index (χ2v) is 6.30. The Kier molecular flexibility index (Phi) is 3.08. The average Bonchev–Trinajstić information content (AvgIpc) is 3.08. The van der Waals surface area contributed by atoms with E-state index < -0.39 is 0 Å². The number of hydrogen-bond donors (Lipinski definition) is 2. The molecule has 4 nitrogen and oxygen atoms in total. The van der Waals surface area contributed by atoms with Gasteiger partial charge in [0.1, 0.15) is 5.82 Å². The molecule has 0 spiro atoms. The number of aliphatic hydroxyl groups excluding tert-OH is 2. The Morgan fingerprint density at radius 1 is 1.19 bits per heavy atom. The number of aromatic nitrogens is 1. The van der Waals surface area contributed by atoms with E-state index in [0.29, 0.717) is 11.8 Å². The molecule has 1 saturated heterocycles. The standard InChI is InChI=1S/C17H20N2O2/c20-10-13-7-11-3-1-2-4-15(11)18-17(13)19-8-12-5-6-16(21)14(12)9-19/h1-4,7,12,14,16,20-21H,5-6,8-10H2. The maximum Gasteiger partial charge on any atom is 0.134 e. The zero-order valence-corrected chi connectivity index (χ0v) is 11.9. The highest BCUT2D eigenvalue weighted by Crippen LogP contribution is 2.40. The van der Waals surface area contributed by atoms with Gasteiger partial charge >= 0.3 is 0 Å². The predicted molar refractivity (Wildman–Crippen MR) is 82.1 cm³/mol. The fourth-order valence-electron chi connectivity index (χ4n) is 3.95. The molecular weight excluding hydrogens is 264 g/mol. The SMILES string of the molecule is OCc1cc2ccccc2nc1N1CC2CCC(O)C2C1. The third-order valence-corrected chi connectivity index (χ3v) is 5.07. The zero-order valence-electron chi connectivity index (χ0n) is 11.9. The van der Waals surface area contributed by atoms with E-state index in [2.05, 4.69) is 4.90 Å². The van der Waals surface area contributed by atoms with Crippen molar-refractivity contribution in [3.8, 4) is 0 Å². The van der Waals surface area contributed by atoms with Gasteiger partial charge in [-0.25, -0.2) is 4.98 Å². The lowest BCUT2D eigenvalue weighted by molar-refractivity contribution is 0.133. The van der Waals surface area contributed by atoms with Crippen LogP contribution < -0.4 is 4.90 Å². The first-order valence-corrected chi connectivity index (χ1v) is 7.69. The van der Waals surface area contributed by atoms with Gasteiger partial charge in [-0.15, -0.1) is 0 Å². The van der Waals surface area contributed by atoms with Crippen molar-refractivity contribution >= 4 is 16.7 Å². The van der Waals surface area contributed by atoms with Crippen LogP contribution in [-0.2, 0) is 6.61 Å². The molecule has 0 amide bonds. The van der Waals surface area contributed by atoms with Crippen LogP contribution >= 0.6 is 0 Å². The van der Waals surface area contributed by atoms with Crippen LogP contribution in [0.4, 0.5) is 5.82 Å². The zero-order chi connectivity index (χ0) is 14.4. The molecule has 2 N–H and O–H groups in total. The largest absolute Gasteiger partial charge is 0.393 e. The monoisotopic (exact) mass is 284 g/mol. The van der Waals surface area contributed by atoms with Gasteiger partial charge in [0.2, 0.25) is 0 Å². The first kappa shape index (κ1) is 13.0. The molecule has 2 fully saturated rings. The van der Waals surface area contributed by atoms with Gasteiger partial charge in [0.15, 0.2) is 0 Å². The summed E-state index contributed by atoms with van der Waals surface area (Å²) in [4.78, 5) is 7.01. The number of nitrogens with zero attached hydrogens (tertiary/aromatic N) is 2. The fourth-order valence-corrected chi connectivity index (χ4v) is 3.95. The molecule has 1 aromatic heterocycles. The molecule has 0 bridgehead atoms. The van der Waals surface area contributed by atoms with E-state index in [0.717, 1.165) is 48.2 Å². The van der Waals surface area contributed by atoms with Crippen LogP contribution in [0.3, 0.4) is 0 Å². The van der Waals surface area contributed by atoms with E-state index in [1.165, 1.54) is 0 Å². The Morgan fingerprint density at radius 3 is 2.86 bits per heavy atom. The van der Waals surface area contributed by atoms with Gasteiger partial charge in [-0.05, 0) is 30.9 Å². The number of anilines is 1. The van der Waals surface area contributed by atoms with E-state index in [-0.39, 0.29) is 12.7 Å². The fraction of sp³-hybridized carbons (Fsp3) is 0.471. The maximum absolute atomic E-state index is 10.1. The Bertz CT molecular complexity index is 673. The minimum Gasteiger partial charge on any atom is -0.393 e. The summed E-state index contributed by atoms with van der Waals surface area (Å²) in [6.45, 7) is 1.80. The topological polar surface area (TPSA) is 56.6 Å². The number of pyridine rings is 1. The average molecular weight is 284 g/mol. The Morgan fingerprint density at radius 2 is 2.05 bits per heavy atom. The highest BCUT2D eigenvalue weighted by molar-refractivity contribution is 5.81. The Labute approximate surface area is 124 Å². The van der Waals surface area contributed by atoms with E-state index in [9.17, 15) is 10.2 Å². The van der Waals surface area contributed by atoms with Gasteiger partial charge in [-0.2, -0.15) is 0 Å². The molecule has 0 radical (unpaired) electrons. The third-order valence-electron chi connectivity index (χ3n) is 5.07. The lowest BCUT2D eigenvalue weighted by Gasteiger charge is -2.22. The quantitative estimate of drug-likeness (QED) is 0.885. The van der Waals surface area contributed by atoms with Crippen molar-refractivity contribution in [2.75, 3.05) is 18.0 Å². The Balaban J connectivity index is 1.73. The molecule has 2 aliphatic rings. The van der Waals surface area contributed by atoms with Crippen LogP contribution in [-0.4, -0.2) is 34.4 Å². The van der Waals surface area contributed by atoms with Gasteiger partial charge in [-0.3, -0.25) is 0 Å². The first-order chi connectivity index (χ1) is 10.3. The second kappa shape index (κ2) is 4.97. The summed E-state index contributed by atoms with van der Waals surface area (Å²) in [5.74, 6) is 1.82. The van der Waals surface area contributed by atoms with E-state index in [1.54, 1.807) is 0 Å². The lowest BCUT2D eigenvalue weighted by Crippen LogP contribution is -2.26. The smallest absolute Gasteiger partial charge is 0.134 e. The molecule has 1 aliphatic carbocycles. The van der Waals surface area contributed by atoms with Gasteiger partial charge in [-0.1, -0.05) is 18.2 Å². The molecular formula is C17H20N2O2. The van der Waals surface area contributed by atoms with Gasteiger partial charge in [0, 0.05) is 30.0 Å². The molecule has 4 rings (SSSR count).